The zero-order valence-electron chi connectivity index (χ0n) is 9.74. The number of nitrogens with zero attached hydrogens (tertiary/aromatic N) is 2. The maximum absolute atomic E-state index is 4.31. The highest BCUT2D eigenvalue weighted by molar-refractivity contribution is 4.95. The lowest BCUT2D eigenvalue weighted by Gasteiger charge is -2.16. The molecule has 84 valence electrons. The molecule has 1 aromatic heterocycles. The van der Waals surface area contributed by atoms with E-state index in [1.165, 1.54) is 12.8 Å². The van der Waals surface area contributed by atoms with Gasteiger partial charge in [-0.05, 0) is 25.5 Å². The average molecular weight is 207 g/mol. The van der Waals surface area contributed by atoms with Gasteiger partial charge in [0, 0.05) is 12.4 Å². The van der Waals surface area contributed by atoms with Crippen LogP contribution in [0, 0.1) is 0 Å². The van der Waals surface area contributed by atoms with Gasteiger partial charge in [-0.2, -0.15) is 0 Å². The van der Waals surface area contributed by atoms with Crippen molar-refractivity contribution in [2.45, 2.75) is 45.6 Å². The Balaban J connectivity index is 2.55. The van der Waals surface area contributed by atoms with E-state index in [1.807, 2.05) is 18.5 Å². The van der Waals surface area contributed by atoms with Gasteiger partial charge in [-0.15, -0.1) is 0 Å². The monoisotopic (exact) mass is 207 g/mol. The average Bonchev–Trinajstić information content (AvgIpc) is 2.30. The Kier molecular flexibility index (Phi) is 5.93. The van der Waals surface area contributed by atoms with Gasteiger partial charge in [0.05, 0.1) is 6.04 Å². The summed E-state index contributed by atoms with van der Waals surface area (Å²) in [5.41, 5.74) is 0. The molecule has 0 fully saturated rings. The number of hydrogen-bond donors (Lipinski definition) is 1. The third-order valence-corrected chi connectivity index (χ3v) is 2.38. The van der Waals surface area contributed by atoms with Crippen molar-refractivity contribution in [3.05, 3.63) is 24.3 Å². The summed E-state index contributed by atoms with van der Waals surface area (Å²) in [4.78, 5) is 8.62. The molecule has 1 rings (SSSR count). The van der Waals surface area contributed by atoms with E-state index in [-0.39, 0.29) is 0 Å². The second-order valence-corrected chi connectivity index (χ2v) is 3.76. The van der Waals surface area contributed by atoms with Crippen LogP contribution in [-0.4, -0.2) is 16.5 Å². The molecule has 0 bridgehead atoms. The van der Waals surface area contributed by atoms with Crippen LogP contribution in [0.15, 0.2) is 18.5 Å². The van der Waals surface area contributed by atoms with Crippen LogP contribution in [0.1, 0.15) is 51.4 Å². The van der Waals surface area contributed by atoms with Gasteiger partial charge in [0.1, 0.15) is 5.82 Å². The Hall–Kier alpha value is -0.960. The van der Waals surface area contributed by atoms with Gasteiger partial charge >= 0.3 is 0 Å². The minimum absolute atomic E-state index is 0.325. The van der Waals surface area contributed by atoms with Crippen molar-refractivity contribution in [2.24, 2.45) is 0 Å². The SMILES string of the molecule is CCCCC(NCCC)c1ncccn1. The fraction of sp³-hybridized carbons (Fsp3) is 0.667. The molecular formula is C12H21N3. The van der Waals surface area contributed by atoms with E-state index in [0.717, 1.165) is 25.2 Å². The first-order valence-corrected chi connectivity index (χ1v) is 5.88. The molecule has 0 radical (unpaired) electrons. The second kappa shape index (κ2) is 7.35. The number of rotatable bonds is 7. The van der Waals surface area contributed by atoms with Crippen molar-refractivity contribution in [3.8, 4) is 0 Å². The number of nitrogens with one attached hydrogen (secondary N) is 1. The Bertz CT molecular complexity index is 240. The second-order valence-electron chi connectivity index (χ2n) is 3.76. The van der Waals surface area contributed by atoms with Crippen LogP contribution in [0.25, 0.3) is 0 Å². The Morgan fingerprint density at radius 2 is 1.93 bits per heavy atom. The summed E-state index contributed by atoms with van der Waals surface area (Å²) in [6.07, 6.45) is 8.34. The van der Waals surface area contributed by atoms with E-state index >= 15 is 0 Å². The Morgan fingerprint density at radius 3 is 2.53 bits per heavy atom. The zero-order valence-corrected chi connectivity index (χ0v) is 9.74. The lowest BCUT2D eigenvalue weighted by atomic mass is 10.1. The van der Waals surface area contributed by atoms with Gasteiger partial charge < -0.3 is 5.32 Å². The summed E-state index contributed by atoms with van der Waals surface area (Å²) in [5.74, 6) is 0.930. The maximum atomic E-state index is 4.31. The standard InChI is InChI=1S/C12H21N3/c1-3-5-7-11(13-8-4-2)12-14-9-6-10-15-12/h6,9-11,13H,3-5,7-8H2,1-2H3. The number of hydrogen-bond acceptors (Lipinski definition) is 3. The quantitative estimate of drug-likeness (QED) is 0.747. The summed E-state index contributed by atoms with van der Waals surface area (Å²) in [6, 6.07) is 2.19. The summed E-state index contributed by atoms with van der Waals surface area (Å²) in [7, 11) is 0. The summed E-state index contributed by atoms with van der Waals surface area (Å²) < 4.78 is 0. The summed E-state index contributed by atoms with van der Waals surface area (Å²) in [5, 5.41) is 3.50. The van der Waals surface area contributed by atoms with Crippen LogP contribution < -0.4 is 5.32 Å². The molecule has 1 N–H and O–H groups in total. The Labute approximate surface area is 92.3 Å². The first-order valence-electron chi connectivity index (χ1n) is 5.88. The van der Waals surface area contributed by atoms with Gasteiger partial charge in [-0.1, -0.05) is 26.7 Å². The fourth-order valence-corrected chi connectivity index (χ4v) is 1.54. The predicted octanol–water partition coefficient (Wildman–Crippen LogP) is 2.71. The van der Waals surface area contributed by atoms with Crippen molar-refractivity contribution in [2.75, 3.05) is 6.54 Å². The smallest absolute Gasteiger partial charge is 0.145 e. The molecule has 0 aromatic carbocycles. The van der Waals surface area contributed by atoms with Crippen molar-refractivity contribution in [1.82, 2.24) is 15.3 Å². The molecule has 0 saturated carbocycles. The molecule has 15 heavy (non-hydrogen) atoms. The fourth-order valence-electron chi connectivity index (χ4n) is 1.54. The molecule has 0 aliphatic rings. The van der Waals surface area contributed by atoms with Crippen molar-refractivity contribution in [1.29, 1.82) is 0 Å². The molecule has 0 aliphatic heterocycles. The highest BCUT2D eigenvalue weighted by Crippen LogP contribution is 2.14. The topological polar surface area (TPSA) is 37.8 Å². The molecule has 0 saturated heterocycles. The number of aromatic nitrogens is 2. The zero-order chi connectivity index (χ0) is 10.9. The third kappa shape index (κ3) is 4.38. The van der Waals surface area contributed by atoms with Crippen LogP contribution in [0.4, 0.5) is 0 Å². The van der Waals surface area contributed by atoms with Gasteiger partial charge in [0.2, 0.25) is 0 Å². The normalized spacial score (nSPS) is 12.7. The Morgan fingerprint density at radius 1 is 1.20 bits per heavy atom. The van der Waals surface area contributed by atoms with Crippen LogP contribution in [0.5, 0.6) is 0 Å². The van der Waals surface area contributed by atoms with Crippen LogP contribution >= 0.6 is 0 Å². The van der Waals surface area contributed by atoms with Gasteiger partial charge in [-0.25, -0.2) is 9.97 Å². The minimum Gasteiger partial charge on any atom is -0.307 e. The largest absolute Gasteiger partial charge is 0.307 e. The highest BCUT2D eigenvalue weighted by Gasteiger charge is 2.11. The van der Waals surface area contributed by atoms with E-state index in [1.54, 1.807) is 0 Å². The molecule has 0 amide bonds. The molecular weight excluding hydrogens is 186 g/mol. The van der Waals surface area contributed by atoms with Crippen molar-refractivity contribution < 1.29 is 0 Å². The molecule has 3 heteroatoms. The van der Waals surface area contributed by atoms with Crippen LogP contribution in [0.2, 0.25) is 0 Å². The number of unbranched alkanes of at least 4 members (excludes halogenated alkanes) is 1. The summed E-state index contributed by atoms with van der Waals surface area (Å²) in [6.45, 7) is 5.42. The first-order chi connectivity index (χ1) is 7.38. The third-order valence-electron chi connectivity index (χ3n) is 2.38. The molecule has 1 heterocycles. The molecule has 3 nitrogen and oxygen atoms in total. The molecule has 0 aliphatic carbocycles. The van der Waals surface area contributed by atoms with Crippen molar-refractivity contribution in [3.63, 3.8) is 0 Å². The molecule has 0 spiro atoms. The summed E-state index contributed by atoms with van der Waals surface area (Å²) >= 11 is 0. The van der Waals surface area contributed by atoms with Gasteiger partial charge in [0.15, 0.2) is 0 Å². The van der Waals surface area contributed by atoms with E-state index < -0.39 is 0 Å². The van der Waals surface area contributed by atoms with Crippen molar-refractivity contribution >= 4 is 0 Å². The van der Waals surface area contributed by atoms with E-state index in [9.17, 15) is 0 Å². The lowest BCUT2D eigenvalue weighted by Crippen LogP contribution is -2.23. The molecule has 1 unspecified atom stereocenters. The highest BCUT2D eigenvalue weighted by atomic mass is 15.0. The van der Waals surface area contributed by atoms with Gasteiger partial charge in [-0.3, -0.25) is 0 Å². The van der Waals surface area contributed by atoms with E-state index in [4.69, 9.17) is 0 Å². The van der Waals surface area contributed by atoms with E-state index in [2.05, 4.69) is 29.1 Å². The lowest BCUT2D eigenvalue weighted by molar-refractivity contribution is 0.461. The predicted molar refractivity (Wildman–Crippen MR) is 62.6 cm³/mol. The molecule has 1 atom stereocenters. The van der Waals surface area contributed by atoms with Crippen LogP contribution in [0.3, 0.4) is 0 Å². The first kappa shape index (κ1) is 12.1. The minimum atomic E-state index is 0.325. The maximum Gasteiger partial charge on any atom is 0.145 e. The van der Waals surface area contributed by atoms with Crippen LogP contribution in [-0.2, 0) is 0 Å². The molecule has 1 aromatic rings. The van der Waals surface area contributed by atoms with E-state index in [0.29, 0.717) is 6.04 Å². The van der Waals surface area contributed by atoms with Gasteiger partial charge in [0.25, 0.3) is 0 Å².